The van der Waals surface area contributed by atoms with Gasteiger partial charge in [-0.05, 0) is 48.9 Å². The van der Waals surface area contributed by atoms with Gasteiger partial charge in [0, 0.05) is 31.9 Å². The van der Waals surface area contributed by atoms with Crippen LogP contribution in [0.25, 0.3) is 0 Å². The number of hydrogen-bond acceptors (Lipinski definition) is 3. The molecule has 4 nitrogen and oxygen atoms in total. The highest BCUT2D eigenvalue weighted by Crippen LogP contribution is 2.27. The average Bonchev–Trinajstić information content (AvgIpc) is 2.55. The summed E-state index contributed by atoms with van der Waals surface area (Å²) in [6, 6.07) is 6.41. The van der Waals surface area contributed by atoms with Gasteiger partial charge in [-0.15, -0.1) is 0 Å². The Bertz CT molecular complexity index is 554. The van der Waals surface area contributed by atoms with E-state index in [-0.39, 0.29) is 17.4 Å². The van der Waals surface area contributed by atoms with E-state index in [9.17, 15) is 4.79 Å². The molecule has 1 fully saturated rings. The maximum Gasteiger partial charge on any atom is 0.253 e. The molecular formula is C20H33N3O. The second-order valence-corrected chi connectivity index (χ2v) is 7.85. The molecule has 1 aliphatic heterocycles. The SMILES string of the molecule is CCCN1CCC(NC(=O)c2ccc(C(C)(C)C)cc2NC)CC1. The lowest BCUT2D eigenvalue weighted by Crippen LogP contribution is -2.44. The summed E-state index contributed by atoms with van der Waals surface area (Å²) in [7, 11) is 1.88. The average molecular weight is 332 g/mol. The fourth-order valence-corrected chi connectivity index (χ4v) is 3.30. The number of rotatable bonds is 5. The molecular weight excluding hydrogens is 298 g/mol. The Hall–Kier alpha value is -1.55. The molecule has 4 heteroatoms. The van der Waals surface area contributed by atoms with E-state index in [4.69, 9.17) is 0 Å². The van der Waals surface area contributed by atoms with Gasteiger partial charge in [0.05, 0.1) is 5.56 Å². The number of nitrogens with one attached hydrogen (secondary N) is 2. The maximum absolute atomic E-state index is 12.7. The number of likely N-dealkylation sites (tertiary alicyclic amines) is 1. The van der Waals surface area contributed by atoms with Gasteiger partial charge in [-0.2, -0.15) is 0 Å². The second kappa shape index (κ2) is 8.02. The third-order valence-corrected chi connectivity index (χ3v) is 4.86. The molecule has 134 valence electrons. The molecule has 2 N–H and O–H groups in total. The van der Waals surface area contributed by atoms with Crippen molar-refractivity contribution in [2.75, 3.05) is 32.0 Å². The van der Waals surface area contributed by atoms with E-state index in [2.05, 4.69) is 55.4 Å². The first-order chi connectivity index (χ1) is 11.3. The van der Waals surface area contributed by atoms with E-state index in [1.54, 1.807) is 0 Å². The minimum atomic E-state index is 0.0359. The van der Waals surface area contributed by atoms with Crippen molar-refractivity contribution in [3.05, 3.63) is 29.3 Å². The van der Waals surface area contributed by atoms with Gasteiger partial charge in [0.1, 0.15) is 0 Å². The fourth-order valence-electron chi connectivity index (χ4n) is 3.30. The molecule has 1 amide bonds. The van der Waals surface area contributed by atoms with Crippen LogP contribution in [0.5, 0.6) is 0 Å². The minimum absolute atomic E-state index is 0.0359. The van der Waals surface area contributed by atoms with E-state index in [0.717, 1.165) is 37.2 Å². The first kappa shape index (κ1) is 18.8. The predicted octanol–water partition coefficient (Wildman–Crippen LogP) is 3.63. The van der Waals surface area contributed by atoms with Gasteiger partial charge in [0.2, 0.25) is 0 Å². The lowest BCUT2D eigenvalue weighted by molar-refractivity contribution is 0.0912. The van der Waals surface area contributed by atoms with Gasteiger partial charge >= 0.3 is 0 Å². The maximum atomic E-state index is 12.7. The normalized spacial score (nSPS) is 16.9. The smallest absolute Gasteiger partial charge is 0.253 e. The van der Waals surface area contributed by atoms with Crippen molar-refractivity contribution in [3.63, 3.8) is 0 Å². The highest BCUT2D eigenvalue weighted by Gasteiger charge is 2.22. The van der Waals surface area contributed by atoms with Crippen molar-refractivity contribution in [1.29, 1.82) is 0 Å². The van der Waals surface area contributed by atoms with Gasteiger partial charge in [0.25, 0.3) is 5.91 Å². The Morgan fingerprint density at radius 2 is 1.92 bits per heavy atom. The largest absolute Gasteiger partial charge is 0.387 e. The number of carbonyl (C=O) groups excluding carboxylic acids is 1. The Morgan fingerprint density at radius 3 is 2.46 bits per heavy atom. The second-order valence-electron chi connectivity index (χ2n) is 7.85. The van der Waals surface area contributed by atoms with Crippen molar-refractivity contribution in [3.8, 4) is 0 Å². The van der Waals surface area contributed by atoms with Gasteiger partial charge in [-0.25, -0.2) is 0 Å². The molecule has 0 aromatic heterocycles. The van der Waals surface area contributed by atoms with Gasteiger partial charge in [-0.3, -0.25) is 4.79 Å². The van der Waals surface area contributed by atoms with E-state index in [1.807, 2.05) is 13.1 Å². The van der Waals surface area contributed by atoms with Crippen LogP contribution in [0.2, 0.25) is 0 Å². The van der Waals surface area contributed by atoms with Gasteiger partial charge < -0.3 is 15.5 Å². The highest BCUT2D eigenvalue weighted by molar-refractivity contribution is 6.00. The molecule has 0 atom stereocenters. The first-order valence-corrected chi connectivity index (χ1v) is 9.20. The molecule has 0 aliphatic carbocycles. The van der Waals surface area contributed by atoms with E-state index in [1.165, 1.54) is 18.5 Å². The Morgan fingerprint density at radius 1 is 1.25 bits per heavy atom. The topological polar surface area (TPSA) is 44.4 Å². The number of nitrogens with zero attached hydrogens (tertiary/aromatic N) is 1. The number of amides is 1. The van der Waals surface area contributed by atoms with Crippen LogP contribution in [-0.4, -0.2) is 43.5 Å². The molecule has 0 spiro atoms. The van der Waals surface area contributed by atoms with Crippen LogP contribution in [0.3, 0.4) is 0 Å². The molecule has 1 heterocycles. The van der Waals surface area contributed by atoms with E-state index < -0.39 is 0 Å². The molecule has 0 saturated carbocycles. The van der Waals surface area contributed by atoms with Crippen LogP contribution in [0.1, 0.15) is 62.9 Å². The minimum Gasteiger partial charge on any atom is -0.387 e. The third-order valence-electron chi connectivity index (χ3n) is 4.86. The summed E-state index contributed by atoms with van der Waals surface area (Å²) in [4.78, 5) is 15.2. The number of hydrogen-bond donors (Lipinski definition) is 2. The molecule has 1 aromatic carbocycles. The van der Waals surface area contributed by atoms with Crippen LogP contribution in [0.4, 0.5) is 5.69 Å². The van der Waals surface area contributed by atoms with Crippen molar-refractivity contribution in [2.24, 2.45) is 0 Å². The zero-order chi connectivity index (χ0) is 17.7. The molecule has 0 radical (unpaired) electrons. The molecule has 2 rings (SSSR count). The third kappa shape index (κ3) is 4.73. The number of carbonyl (C=O) groups is 1. The zero-order valence-corrected chi connectivity index (χ0v) is 15.9. The highest BCUT2D eigenvalue weighted by atomic mass is 16.1. The van der Waals surface area contributed by atoms with Crippen molar-refractivity contribution < 1.29 is 4.79 Å². The van der Waals surface area contributed by atoms with Gasteiger partial charge in [-0.1, -0.05) is 33.8 Å². The van der Waals surface area contributed by atoms with Crippen LogP contribution in [0.15, 0.2) is 18.2 Å². The van der Waals surface area contributed by atoms with Crippen molar-refractivity contribution in [1.82, 2.24) is 10.2 Å². The standard InChI is InChI=1S/C20H33N3O/c1-6-11-23-12-9-16(10-13-23)22-19(24)17-8-7-15(20(2,3)4)14-18(17)21-5/h7-8,14,16,21H,6,9-13H2,1-5H3,(H,22,24). The summed E-state index contributed by atoms with van der Waals surface area (Å²) >= 11 is 0. The van der Waals surface area contributed by atoms with Crippen LogP contribution in [-0.2, 0) is 5.41 Å². The zero-order valence-electron chi connectivity index (χ0n) is 15.9. The van der Waals surface area contributed by atoms with Crippen LogP contribution < -0.4 is 10.6 Å². The van der Waals surface area contributed by atoms with E-state index >= 15 is 0 Å². The van der Waals surface area contributed by atoms with E-state index in [0.29, 0.717) is 0 Å². The monoisotopic (exact) mass is 331 g/mol. The summed E-state index contributed by atoms with van der Waals surface area (Å²) in [5.41, 5.74) is 2.95. The molecule has 24 heavy (non-hydrogen) atoms. The predicted molar refractivity (Wildman–Crippen MR) is 102 cm³/mol. The Balaban J connectivity index is 2.02. The summed E-state index contributed by atoms with van der Waals surface area (Å²) in [6.45, 7) is 12.1. The van der Waals surface area contributed by atoms with Crippen LogP contribution in [0, 0.1) is 0 Å². The molecule has 1 saturated heterocycles. The molecule has 0 bridgehead atoms. The summed E-state index contributed by atoms with van der Waals surface area (Å²) in [6.07, 6.45) is 3.28. The van der Waals surface area contributed by atoms with Gasteiger partial charge in [0.15, 0.2) is 0 Å². The Labute approximate surface area is 147 Å². The molecule has 1 aromatic rings. The number of benzene rings is 1. The molecule has 0 unspecified atom stereocenters. The van der Waals surface area contributed by atoms with Crippen LogP contribution >= 0.6 is 0 Å². The Kier molecular flexibility index (Phi) is 6.27. The summed E-state index contributed by atoms with van der Waals surface area (Å²) in [5, 5.41) is 6.41. The van der Waals surface area contributed by atoms with Crippen molar-refractivity contribution >= 4 is 11.6 Å². The summed E-state index contributed by atoms with van der Waals surface area (Å²) in [5.74, 6) is 0.0359. The first-order valence-electron chi connectivity index (χ1n) is 9.20. The number of anilines is 1. The molecule has 1 aliphatic rings. The fraction of sp³-hybridized carbons (Fsp3) is 0.650. The number of piperidine rings is 1. The van der Waals surface area contributed by atoms with Crippen molar-refractivity contribution in [2.45, 2.75) is 58.4 Å². The lowest BCUT2D eigenvalue weighted by atomic mass is 9.86. The lowest BCUT2D eigenvalue weighted by Gasteiger charge is -2.32. The summed E-state index contributed by atoms with van der Waals surface area (Å²) < 4.78 is 0. The quantitative estimate of drug-likeness (QED) is 0.866.